The summed E-state index contributed by atoms with van der Waals surface area (Å²) in [6.07, 6.45) is 4.74. The van der Waals surface area contributed by atoms with Crippen LogP contribution in [-0.4, -0.2) is 51.8 Å². The van der Waals surface area contributed by atoms with Gasteiger partial charge in [0.1, 0.15) is 11.6 Å². The van der Waals surface area contributed by atoms with E-state index in [9.17, 15) is 0 Å². The summed E-state index contributed by atoms with van der Waals surface area (Å²) in [7, 11) is 0. The summed E-state index contributed by atoms with van der Waals surface area (Å²) in [5.41, 5.74) is 0. The standard InChI is InChI=1S/C17H30N6/c1-4-18-17(22-9-7-13(2)8-10-22)19-11-15-5-6-16-21-20-14(3)23(16)12-15/h13,15H,4-12H2,1-3H3,(H,18,19). The molecule has 0 spiro atoms. The average Bonchev–Trinajstić information content (AvgIpc) is 2.93. The highest BCUT2D eigenvalue weighted by Gasteiger charge is 2.22. The molecule has 1 unspecified atom stereocenters. The number of nitrogens with zero attached hydrogens (tertiary/aromatic N) is 5. The zero-order chi connectivity index (χ0) is 16.2. The van der Waals surface area contributed by atoms with Crippen LogP contribution in [0.5, 0.6) is 0 Å². The van der Waals surface area contributed by atoms with E-state index in [1.54, 1.807) is 0 Å². The van der Waals surface area contributed by atoms with Gasteiger partial charge in [-0.3, -0.25) is 4.99 Å². The van der Waals surface area contributed by atoms with Crippen LogP contribution < -0.4 is 5.32 Å². The van der Waals surface area contributed by atoms with Gasteiger partial charge in [0.2, 0.25) is 0 Å². The molecule has 6 nitrogen and oxygen atoms in total. The lowest BCUT2D eigenvalue weighted by molar-refractivity contribution is 0.272. The van der Waals surface area contributed by atoms with Gasteiger partial charge in [0, 0.05) is 39.1 Å². The molecule has 1 N–H and O–H groups in total. The van der Waals surface area contributed by atoms with Gasteiger partial charge in [-0.2, -0.15) is 0 Å². The molecule has 0 bridgehead atoms. The third-order valence-electron chi connectivity index (χ3n) is 5.15. The number of aliphatic imine (C=N–C) groups is 1. The fourth-order valence-electron chi connectivity index (χ4n) is 3.54. The molecule has 6 heteroatoms. The van der Waals surface area contributed by atoms with Crippen molar-refractivity contribution in [2.45, 2.75) is 53.0 Å². The summed E-state index contributed by atoms with van der Waals surface area (Å²) in [4.78, 5) is 7.38. The van der Waals surface area contributed by atoms with Gasteiger partial charge in [-0.05, 0) is 44.9 Å². The number of guanidine groups is 1. The van der Waals surface area contributed by atoms with E-state index in [2.05, 4.69) is 38.8 Å². The van der Waals surface area contributed by atoms with Crippen LogP contribution in [0.2, 0.25) is 0 Å². The second-order valence-corrected chi connectivity index (χ2v) is 7.04. The molecule has 1 aromatic rings. The van der Waals surface area contributed by atoms with E-state index in [1.165, 1.54) is 12.8 Å². The number of fused-ring (bicyclic) bond motifs is 1. The minimum atomic E-state index is 0.592. The summed E-state index contributed by atoms with van der Waals surface area (Å²) < 4.78 is 2.26. The maximum absolute atomic E-state index is 4.95. The Morgan fingerprint density at radius 1 is 1.26 bits per heavy atom. The molecular weight excluding hydrogens is 288 g/mol. The van der Waals surface area contributed by atoms with E-state index >= 15 is 0 Å². The van der Waals surface area contributed by atoms with E-state index in [0.717, 1.165) is 69.1 Å². The normalized spacial score (nSPS) is 23.0. The van der Waals surface area contributed by atoms with Gasteiger partial charge < -0.3 is 14.8 Å². The Labute approximate surface area is 139 Å². The molecule has 0 amide bonds. The molecule has 0 radical (unpaired) electrons. The summed E-state index contributed by atoms with van der Waals surface area (Å²) in [5.74, 6) is 4.72. The lowest BCUT2D eigenvalue weighted by Gasteiger charge is -2.33. The minimum Gasteiger partial charge on any atom is -0.357 e. The van der Waals surface area contributed by atoms with Gasteiger partial charge in [-0.15, -0.1) is 10.2 Å². The number of hydrogen-bond acceptors (Lipinski definition) is 3. The van der Waals surface area contributed by atoms with Crippen LogP contribution in [0.25, 0.3) is 0 Å². The second-order valence-electron chi connectivity index (χ2n) is 7.04. The maximum Gasteiger partial charge on any atom is 0.193 e. The topological polar surface area (TPSA) is 58.3 Å². The Balaban J connectivity index is 1.61. The van der Waals surface area contributed by atoms with Crippen LogP contribution in [0.15, 0.2) is 4.99 Å². The second kappa shape index (κ2) is 7.32. The molecule has 0 saturated carbocycles. The molecule has 3 heterocycles. The van der Waals surface area contributed by atoms with Crippen LogP contribution in [0.4, 0.5) is 0 Å². The lowest BCUT2D eigenvalue weighted by atomic mass is 9.99. The van der Waals surface area contributed by atoms with Gasteiger partial charge in [-0.1, -0.05) is 6.92 Å². The van der Waals surface area contributed by atoms with Crippen molar-refractivity contribution in [2.75, 3.05) is 26.2 Å². The highest BCUT2D eigenvalue weighted by Crippen LogP contribution is 2.21. The predicted molar refractivity (Wildman–Crippen MR) is 92.5 cm³/mol. The molecule has 2 aliphatic heterocycles. The van der Waals surface area contributed by atoms with Gasteiger partial charge in [-0.25, -0.2) is 0 Å². The monoisotopic (exact) mass is 318 g/mol. The molecule has 0 aliphatic carbocycles. The van der Waals surface area contributed by atoms with Crippen LogP contribution in [0, 0.1) is 18.8 Å². The minimum absolute atomic E-state index is 0.592. The number of likely N-dealkylation sites (tertiary alicyclic amines) is 1. The summed E-state index contributed by atoms with van der Waals surface area (Å²) in [6.45, 7) is 11.6. The van der Waals surface area contributed by atoms with Crippen molar-refractivity contribution in [3.63, 3.8) is 0 Å². The summed E-state index contributed by atoms with van der Waals surface area (Å²) >= 11 is 0. The Bertz CT molecular complexity index is 541. The molecule has 128 valence electrons. The van der Waals surface area contributed by atoms with E-state index < -0.39 is 0 Å². The SMILES string of the molecule is CCNC(=NCC1CCc2nnc(C)n2C1)N1CCC(C)CC1. The first-order valence-electron chi connectivity index (χ1n) is 9.09. The summed E-state index contributed by atoms with van der Waals surface area (Å²) in [5, 5.41) is 11.9. The molecule has 1 fully saturated rings. The van der Waals surface area contributed by atoms with Crippen molar-refractivity contribution in [1.82, 2.24) is 25.0 Å². The number of hydrogen-bond donors (Lipinski definition) is 1. The third kappa shape index (κ3) is 3.85. The zero-order valence-electron chi connectivity index (χ0n) is 14.8. The van der Waals surface area contributed by atoms with Gasteiger partial charge >= 0.3 is 0 Å². The Morgan fingerprint density at radius 2 is 2.04 bits per heavy atom. The van der Waals surface area contributed by atoms with Gasteiger partial charge in [0.05, 0.1) is 0 Å². The van der Waals surface area contributed by atoms with Crippen molar-refractivity contribution in [3.8, 4) is 0 Å². The van der Waals surface area contributed by atoms with Crippen molar-refractivity contribution < 1.29 is 0 Å². The number of rotatable bonds is 3. The Kier molecular flexibility index (Phi) is 5.18. The smallest absolute Gasteiger partial charge is 0.193 e. The fraction of sp³-hybridized carbons (Fsp3) is 0.824. The highest BCUT2D eigenvalue weighted by molar-refractivity contribution is 5.80. The van der Waals surface area contributed by atoms with E-state index in [0.29, 0.717) is 5.92 Å². The largest absolute Gasteiger partial charge is 0.357 e. The quantitative estimate of drug-likeness (QED) is 0.682. The summed E-state index contributed by atoms with van der Waals surface area (Å²) in [6, 6.07) is 0. The Morgan fingerprint density at radius 3 is 2.78 bits per heavy atom. The average molecular weight is 318 g/mol. The third-order valence-corrected chi connectivity index (χ3v) is 5.15. The van der Waals surface area contributed by atoms with Gasteiger partial charge in [0.25, 0.3) is 0 Å². The molecule has 1 atom stereocenters. The predicted octanol–water partition coefficient (Wildman–Crippen LogP) is 1.85. The fourth-order valence-corrected chi connectivity index (χ4v) is 3.54. The van der Waals surface area contributed by atoms with E-state index in [1.807, 2.05) is 6.92 Å². The van der Waals surface area contributed by atoms with Gasteiger partial charge in [0.15, 0.2) is 5.96 Å². The number of aromatic nitrogens is 3. The molecule has 1 saturated heterocycles. The van der Waals surface area contributed by atoms with Crippen LogP contribution >= 0.6 is 0 Å². The van der Waals surface area contributed by atoms with Crippen LogP contribution in [0.3, 0.4) is 0 Å². The first-order chi connectivity index (χ1) is 11.2. The number of piperidine rings is 1. The maximum atomic E-state index is 4.95. The number of aryl methyl sites for hydroxylation is 2. The first kappa shape index (κ1) is 16.3. The molecule has 1 aromatic heterocycles. The van der Waals surface area contributed by atoms with E-state index in [-0.39, 0.29) is 0 Å². The molecular formula is C17H30N6. The number of nitrogens with one attached hydrogen (secondary N) is 1. The molecule has 3 rings (SSSR count). The van der Waals surface area contributed by atoms with Crippen molar-refractivity contribution in [1.29, 1.82) is 0 Å². The zero-order valence-corrected chi connectivity index (χ0v) is 14.8. The van der Waals surface area contributed by atoms with E-state index in [4.69, 9.17) is 4.99 Å². The van der Waals surface area contributed by atoms with Crippen molar-refractivity contribution >= 4 is 5.96 Å². The van der Waals surface area contributed by atoms with Crippen molar-refractivity contribution in [2.24, 2.45) is 16.8 Å². The molecule has 0 aromatic carbocycles. The Hall–Kier alpha value is -1.59. The highest BCUT2D eigenvalue weighted by atomic mass is 15.3. The van der Waals surface area contributed by atoms with Crippen molar-refractivity contribution in [3.05, 3.63) is 11.6 Å². The molecule has 23 heavy (non-hydrogen) atoms. The molecule has 2 aliphatic rings. The lowest BCUT2D eigenvalue weighted by Crippen LogP contribution is -2.45. The van der Waals surface area contributed by atoms with Crippen LogP contribution in [-0.2, 0) is 13.0 Å². The first-order valence-corrected chi connectivity index (χ1v) is 9.09. The van der Waals surface area contributed by atoms with Crippen LogP contribution in [0.1, 0.15) is 44.8 Å².